The number of rotatable bonds is 7. The van der Waals surface area contributed by atoms with Gasteiger partial charge < -0.3 is 24.4 Å². The monoisotopic (exact) mass is 588 g/mol. The zero-order valence-electron chi connectivity index (χ0n) is 22.2. The van der Waals surface area contributed by atoms with Gasteiger partial charge in [0.1, 0.15) is 0 Å². The van der Waals surface area contributed by atoms with Crippen LogP contribution in [0.15, 0.2) is 47.7 Å². The number of esters is 1. The van der Waals surface area contributed by atoms with Crippen LogP contribution in [0.5, 0.6) is 11.5 Å². The lowest BCUT2D eigenvalue weighted by molar-refractivity contribution is -0.139. The molecule has 1 unspecified atom stereocenters. The van der Waals surface area contributed by atoms with E-state index in [2.05, 4.69) is 10.2 Å². The average molecular weight is 589 g/mol. The summed E-state index contributed by atoms with van der Waals surface area (Å²) in [6.45, 7) is 6.72. The summed E-state index contributed by atoms with van der Waals surface area (Å²) in [7, 11) is 0. The van der Waals surface area contributed by atoms with Crippen molar-refractivity contribution in [2.75, 3.05) is 52.7 Å². The van der Waals surface area contributed by atoms with Crippen molar-refractivity contribution in [1.82, 2.24) is 20.0 Å². The van der Waals surface area contributed by atoms with Gasteiger partial charge in [-0.3, -0.25) is 14.6 Å². The van der Waals surface area contributed by atoms with Crippen molar-refractivity contribution in [2.24, 2.45) is 0 Å². The van der Waals surface area contributed by atoms with Crippen LogP contribution in [0.25, 0.3) is 0 Å². The Morgan fingerprint density at radius 3 is 2.45 bits per heavy atom. The zero-order valence-corrected chi connectivity index (χ0v) is 23.8. The van der Waals surface area contributed by atoms with Gasteiger partial charge in [0.05, 0.1) is 28.3 Å². The summed E-state index contributed by atoms with van der Waals surface area (Å²) in [5.74, 6) is 0.595. The van der Waals surface area contributed by atoms with Crippen LogP contribution >= 0.6 is 23.2 Å². The van der Waals surface area contributed by atoms with Crippen LogP contribution in [0.1, 0.15) is 35.8 Å². The van der Waals surface area contributed by atoms with E-state index in [9.17, 15) is 14.4 Å². The van der Waals surface area contributed by atoms with Gasteiger partial charge in [-0.25, -0.2) is 9.59 Å². The number of amides is 3. The molecule has 12 heteroatoms. The first-order valence-corrected chi connectivity index (χ1v) is 13.9. The number of carbonyl (C=O) groups excluding carboxylic acids is 3. The van der Waals surface area contributed by atoms with E-state index < -0.39 is 12.0 Å². The molecule has 0 aromatic heterocycles. The van der Waals surface area contributed by atoms with E-state index in [1.165, 1.54) is 0 Å². The van der Waals surface area contributed by atoms with Crippen LogP contribution < -0.4 is 14.8 Å². The minimum absolute atomic E-state index is 0.0868. The van der Waals surface area contributed by atoms with E-state index in [0.717, 1.165) is 0 Å². The quantitative estimate of drug-likeness (QED) is 0.486. The number of piperazine rings is 1. The van der Waals surface area contributed by atoms with E-state index in [1.54, 1.807) is 53.1 Å². The molecule has 1 atom stereocenters. The first-order valence-electron chi connectivity index (χ1n) is 13.1. The number of hydrogen-bond acceptors (Lipinski definition) is 7. The molecule has 0 aliphatic carbocycles. The third-order valence-corrected chi connectivity index (χ3v) is 7.92. The first-order chi connectivity index (χ1) is 19.3. The number of benzene rings is 2. The highest BCUT2D eigenvalue weighted by Crippen LogP contribution is 2.35. The van der Waals surface area contributed by atoms with E-state index in [4.69, 9.17) is 37.4 Å². The number of nitrogens with zero attached hydrogens (tertiary/aromatic N) is 3. The van der Waals surface area contributed by atoms with Gasteiger partial charge in [-0.15, -0.1) is 0 Å². The molecule has 10 nitrogen and oxygen atoms in total. The largest absolute Gasteiger partial charge is 0.463 e. The van der Waals surface area contributed by atoms with E-state index in [1.807, 2.05) is 6.92 Å². The maximum atomic E-state index is 13.3. The molecule has 2 aromatic carbocycles. The van der Waals surface area contributed by atoms with Crippen LogP contribution in [0.3, 0.4) is 0 Å². The Hall–Kier alpha value is -3.47. The predicted octanol–water partition coefficient (Wildman–Crippen LogP) is 4.08. The van der Waals surface area contributed by atoms with Gasteiger partial charge in [-0.1, -0.05) is 29.3 Å². The molecule has 1 N–H and O–H groups in total. The second-order valence-corrected chi connectivity index (χ2v) is 10.3. The topological polar surface area (TPSA) is 101 Å². The fourth-order valence-electron chi connectivity index (χ4n) is 5.13. The highest BCUT2D eigenvalue weighted by molar-refractivity contribution is 6.42. The summed E-state index contributed by atoms with van der Waals surface area (Å²) >= 11 is 12.4. The lowest BCUT2D eigenvalue weighted by Crippen LogP contribution is -2.53. The molecule has 40 heavy (non-hydrogen) atoms. The van der Waals surface area contributed by atoms with Crippen molar-refractivity contribution < 1.29 is 28.6 Å². The number of nitrogens with one attached hydrogen (secondary N) is 1. The number of likely N-dealkylation sites (N-methyl/N-ethyl adjacent to an activating group) is 1. The molecule has 5 rings (SSSR count). The van der Waals surface area contributed by atoms with Crippen LogP contribution in [0.4, 0.5) is 4.79 Å². The van der Waals surface area contributed by atoms with Crippen molar-refractivity contribution in [1.29, 1.82) is 0 Å². The summed E-state index contributed by atoms with van der Waals surface area (Å²) in [4.78, 5) is 45.2. The zero-order chi connectivity index (χ0) is 28.4. The lowest BCUT2D eigenvalue weighted by Gasteiger charge is -2.40. The molecule has 0 radical (unpaired) electrons. The molecule has 3 aliphatic heterocycles. The number of ether oxygens (including phenoxy) is 3. The van der Waals surface area contributed by atoms with Crippen molar-refractivity contribution >= 4 is 41.1 Å². The number of carbonyl (C=O) groups is 3. The Balaban J connectivity index is 1.38. The summed E-state index contributed by atoms with van der Waals surface area (Å²) in [6, 6.07) is 9.12. The van der Waals surface area contributed by atoms with Gasteiger partial charge in [0.2, 0.25) is 6.79 Å². The molecule has 2 aromatic rings. The Bertz CT molecular complexity index is 1360. The Kier molecular flexibility index (Phi) is 8.39. The minimum atomic E-state index is -0.756. The second-order valence-electron chi connectivity index (χ2n) is 9.52. The number of urea groups is 1. The van der Waals surface area contributed by atoms with Crippen LogP contribution in [0, 0.1) is 0 Å². The number of fused-ring (bicyclic) bond motifs is 1. The fraction of sp³-hybridized carbons (Fsp3) is 0.393. The molecule has 1 fully saturated rings. The Morgan fingerprint density at radius 2 is 1.75 bits per heavy atom. The van der Waals surface area contributed by atoms with Crippen molar-refractivity contribution in [3.05, 3.63) is 68.8 Å². The Morgan fingerprint density at radius 1 is 1.00 bits per heavy atom. The van der Waals surface area contributed by atoms with E-state index in [0.29, 0.717) is 83.2 Å². The van der Waals surface area contributed by atoms with Crippen molar-refractivity contribution in [3.63, 3.8) is 0 Å². The van der Waals surface area contributed by atoms with Gasteiger partial charge in [-0.2, -0.15) is 0 Å². The van der Waals surface area contributed by atoms with E-state index in [-0.39, 0.29) is 25.3 Å². The molecule has 0 bridgehead atoms. The second kappa shape index (κ2) is 12.0. The van der Waals surface area contributed by atoms with Gasteiger partial charge in [0.15, 0.2) is 11.5 Å². The van der Waals surface area contributed by atoms with Crippen LogP contribution in [-0.4, -0.2) is 85.3 Å². The molecule has 0 saturated carbocycles. The molecule has 3 aliphatic rings. The molecule has 3 amide bonds. The highest BCUT2D eigenvalue weighted by atomic mass is 35.5. The molecule has 3 heterocycles. The summed E-state index contributed by atoms with van der Waals surface area (Å²) in [5.41, 5.74) is 2.07. The van der Waals surface area contributed by atoms with Gasteiger partial charge in [-0.05, 0) is 49.7 Å². The summed E-state index contributed by atoms with van der Waals surface area (Å²) in [6.07, 6.45) is 0. The standard InChI is InChI=1S/C28H30Cl2N4O6/c1-3-34-21(24(27(36)38-4-2)25(31-28(34)37)17-5-7-19(29)20(30)13-17)15-32-9-11-33(12-10-32)26(35)18-6-8-22-23(14-18)40-16-39-22/h5-8,13-14,25H,3-4,9-12,15-16H2,1-2H3,(H,31,37). The SMILES string of the molecule is CCOC(=O)C1=C(CN2CCN(C(=O)c3ccc4c(c3)OCO4)CC2)N(CC)C(=O)NC1c1ccc(Cl)c(Cl)c1. The Labute approximate surface area is 242 Å². The maximum absolute atomic E-state index is 13.3. The minimum Gasteiger partial charge on any atom is -0.463 e. The molecule has 212 valence electrons. The van der Waals surface area contributed by atoms with E-state index >= 15 is 0 Å². The predicted molar refractivity (Wildman–Crippen MR) is 149 cm³/mol. The number of halogens is 2. The first kappa shape index (κ1) is 28.1. The van der Waals surface area contributed by atoms with Crippen molar-refractivity contribution in [3.8, 4) is 11.5 Å². The van der Waals surface area contributed by atoms with Crippen LogP contribution in [0.2, 0.25) is 10.0 Å². The van der Waals surface area contributed by atoms with Gasteiger partial charge in [0.25, 0.3) is 5.91 Å². The smallest absolute Gasteiger partial charge is 0.338 e. The maximum Gasteiger partial charge on any atom is 0.338 e. The summed E-state index contributed by atoms with van der Waals surface area (Å²) < 4.78 is 16.2. The third kappa shape index (κ3) is 5.56. The van der Waals surface area contributed by atoms with Gasteiger partial charge in [0, 0.05) is 50.5 Å². The average Bonchev–Trinajstić information content (AvgIpc) is 3.42. The molecular weight excluding hydrogens is 559 g/mol. The lowest BCUT2D eigenvalue weighted by atomic mass is 9.94. The van der Waals surface area contributed by atoms with Gasteiger partial charge >= 0.3 is 12.0 Å². The normalized spacial score (nSPS) is 19.1. The number of hydrogen-bond donors (Lipinski definition) is 1. The summed E-state index contributed by atoms with van der Waals surface area (Å²) in [5, 5.41) is 3.62. The van der Waals surface area contributed by atoms with Crippen LogP contribution in [-0.2, 0) is 9.53 Å². The molecule has 1 saturated heterocycles. The van der Waals surface area contributed by atoms with Crippen molar-refractivity contribution in [2.45, 2.75) is 19.9 Å². The fourth-order valence-corrected chi connectivity index (χ4v) is 5.44. The molecule has 0 spiro atoms. The molecular formula is C28H30Cl2N4O6. The highest BCUT2D eigenvalue weighted by Gasteiger charge is 2.39. The third-order valence-electron chi connectivity index (χ3n) is 7.18.